The van der Waals surface area contributed by atoms with Crippen LogP contribution in [0.3, 0.4) is 0 Å². The van der Waals surface area contributed by atoms with Gasteiger partial charge in [-0.3, -0.25) is 4.79 Å². The van der Waals surface area contributed by atoms with Crippen molar-refractivity contribution >= 4 is 15.9 Å². The van der Waals surface area contributed by atoms with Crippen molar-refractivity contribution in [1.82, 2.24) is 15.4 Å². The lowest BCUT2D eigenvalue weighted by molar-refractivity contribution is -0.119. The van der Waals surface area contributed by atoms with Crippen LogP contribution >= 0.6 is 0 Å². The Hall–Kier alpha value is -0.660. The van der Waals surface area contributed by atoms with Crippen LogP contribution in [0.15, 0.2) is 0 Å². The summed E-state index contributed by atoms with van der Waals surface area (Å²) in [7, 11) is -3.37. The molecule has 0 spiro atoms. The fourth-order valence-corrected chi connectivity index (χ4v) is 3.01. The molecule has 1 unspecified atom stereocenters. The first-order chi connectivity index (χ1) is 7.56. The van der Waals surface area contributed by atoms with Gasteiger partial charge in [-0.25, -0.2) is 13.1 Å². The quantitative estimate of drug-likeness (QED) is 0.571. The number of likely N-dealkylation sites (N-methyl/N-ethyl adjacent to an activating group) is 1. The Morgan fingerprint density at radius 3 is 2.81 bits per heavy atom. The van der Waals surface area contributed by atoms with Crippen molar-refractivity contribution in [2.24, 2.45) is 0 Å². The van der Waals surface area contributed by atoms with E-state index in [1.807, 2.05) is 0 Å². The van der Waals surface area contributed by atoms with Gasteiger partial charge in [0, 0.05) is 13.1 Å². The number of hydrogen-bond acceptors (Lipinski definition) is 4. The van der Waals surface area contributed by atoms with E-state index in [2.05, 4.69) is 15.4 Å². The van der Waals surface area contributed by atoms with Gasteiger partial charge < -0.3 is 10.6 Å². The number of piperidine rings is 1. The molecule has 16 heavy (non-hydrogen) atoms. The van der Waals surface area contributed by atoms with Crippen molar-refractivity contribution < 1.29 is 13.2 Å². The molecule has 0 aromatic heterocycles. The summed E-state index contributed by atoms with van der Waals surface area (Å²) in [6.07, 6.45) is 1.50. The lowest BCUT2D eigenvalue weighted by Gasteiger charge is -2.22. The molecule has 1 aliphatic heterocycles. The molecule has 0 bridgehead atoms. The molecular formula is C9H19N3O3S. The first-order valence-electron chi connectivity index (χ1n) is 5.52. The number of rotatable bonds is 5. The SMILES string of the molecule is CCNC(=O)CNS(=O)(=O)C1CCCNC1. The summed E-state index contributed by atoms with van der Waals surface area (Å²) in [5, 5.41) is 5.15. The van der Waals surface area contributed by atoms with E-state index in [1.54, 1.807) is 6.92 Å². The van der Waals surface area contributed by atoms with Gasteiger partial charge in [-0.15, -0.1) is 0 Å². The van der Waals surface area contributed by atoms with Crippen molar-refractivity contribution in [1.29, 1.82) is 0 Å². The van der Waals surface area contributed by atoms with Gasteiger partial charge in [-0.1, -0.05) is 0 Å². The average Bonchev–Trinajstić information content (AvgIpc) is 2.28. The maximum absolute atomic E-state index is 11.8. The molecule has 1 rings (SSSR count). The smallest absolute Gasteiger partial charge is 0.235 e. The third-order valence-electron chi connectivity index (χ3n) is 2.50. The van der Waals surface area contributed by atoms with Gasteiger partial charge in [-0.2, -0.15) is 0 Å². The Bertz CT molecular complexity index is 323. The zero-order valence-corrected chi connectivity index (χ0v) is 10.3. The number of nitrogens with one attached hydrogen (secondary N) is 3. The van der Waals surface area contributed by atoms with Crippen LogP contribution in [0.5, 0.6) is 0 Å². The van der Waals surface area contributed by atoms with Crippen LogP contribution < -0.4 is 15.4 Å². The van der Waals surface area contributed by atoms with Crippen LogP contribution in [0.4, 0.5) is 0 Å². The van der Waals surface area contributed by atoms with Crippen LogP contribution in [0, 0.1) is 0 Å². The molecule has 1 aliphatic rings. The maximum Gasteiger partial charge on any atom is 0.235 e. The fraction of sp³-hybridized carbons (Fsp3) is 0.889. The van der Waals surface area contributed by atoms with Crippen LogP contribution in [-0.4, -0.2) is 45.8 Å². The largest absolute Gasteiger partial charge is 0.355 e. The van der Waals surface area contributed by atoms with E-state index in [1.165, 1.54) is 0 Å². The number of carbonyl (C=O) groups excluding carboxylic acids is 1. The van der Waals surface area contributed by atoms with E-state index in [9.17, 15) is 13.2 Å². The van der Waals surface area contributed by atoms with Gasteiger partial charge >= 0.3 is 0 Å². The van der Waals surface area contributed by atoms with Gasteiger partial charge in [0.1, 0.15) is 0 Å². The Labute approximate surface area is 96.2 Å². The number of hydrogen-bond donors (Lipinski definition) is 3. The van der Waals surface area contributed by atoms with Crippen LogP contribution in [-0.2, 0) is 14.8 Å². The van der Waals surface area contributed by atoms with Gasteiger partial charge in [-0.05, 0) is 26.3 Å². The van der Waals surface area contributed by atoms with Crippen molar-refractivity contribution in [2.45, 2.75) is 25.0 Å². The van der Waals surface area contributed by atoms with Crippen LogP contribution in [0.1, 0.15) is 19.8 Å². The Morgan fingerprint density at radius 2 is 2.25 bits per heavy atom. The molecule has 1 amide bonds. The highest BCUT2D eigenvalue weighted by atomic mass is 32.2. The Kier molecular flexibility index (Phi) is 5.17. The van der Waals surface area contributed by atoms with Gasteiger partial charge in [0.25, 0.3) is 0 Å². The summed E-state index contributed by atoms with van der Waals surface area (Å²) >= 11 is 0. The molecule has 0 radical (unpaired) electrons. The van der Waals surface area contributed by atoms with E-state index in [0.717, 1.165) is 13.0 Å². The summed E-state index contributed by atoms with van der Waals surface area (Å²) in [5.41, 5.74) is 0. The molecular weight excluding hydrogens is 230 g/mol. The monoisotopic (exact) mass is 249 g/mol. The van der Waals surface area contributed by atoms with Crippen LogP contribution in [0.25, 0.3) is 0 Å². The second-order valence-electron chi connectivity index (χ2n) is 3.79. The molecule has 6 nitrogen and oxygen atoms in total. The molecule has 1 saturated heterocycles. The van der Waals surface area contributed by atoms with Crippen molar-refractivity contribution in [3.8, 4) is 0 Å². The Morgan fingerprint density at radius 1 is 1.50 bits per heavy atom. The fourth-order valence-electron chi connectivity index (χ4n) is 1.63. The van der Waals surface area contributed by atoms with E-state index in [0.29, 0.717) is 19.5 Å². The minimum absolute atomic E-state index is 0.174. The molecule has 0 aromatic carbocycles. The molecule has 0 aromatic rings. The molecule has 0 aliphatic carbocycles. The second-order valence-corrected chi connectivity index (χ2v) is 5.83. The molecule has 0 saturated carbocycles. The summed E-state index contributed by atoms with van der Waals surface area (Å²) in [6.45, 7) is 3.45. The molecule has 1 fully saturated rings. The van der Waals surface area contributed by atoms with Crippen molar-refractivity contribution in [3.05, 3.63) is 0 Å². The van der Waals surface area contributed by atoms with E-state index >= 15 is 0 Å². The number of amides is 1. The number of sulfonamides is 1. The Balaban J connectivity index is 2.41. The normalized spacial score (nSPS) is 21.7. The summed E-state index contributed by atoms with van der Waals surface area (Å²) in [6, 6.07) is 0. The molecule has 1 heterocycles. The predicted octanol–water partition coefficient (Wildman–Crippen LogP) is -1.21. The zero-order chi connectivity index (χ0) is 12.0. The lowest BCUT2D eigenvalue weighted by atomic mass is 10.2. The van der Waals surface area contributed by atoms with E-state index in [4.69, 9.17) is 0 Å². The summed E-state index contributed by atoms with van der Waals surface area (Å²) in [5.74, 6) is -0.296. The minimum Gasteiger partial charge on any atom is -0.355 e. The van der Waals surface area contributed by atoms with Gasteiger partial charge in [0.05, 0.1) is 11.8 Å². The molecule has 1 atom stereocenters. The summed E-state index contributed by atoms with van der Waals surface area (Å²) in [4.78, 5) is 11.1. The average molecular weight is 249 g/mol. The lowest BCUT2D eigenvalue weighted by Crippen LogP contribution is -2.46. The second kappa shape index (κ2) is 6.17. The first-order valence-corrected chi connectivity index (χ1v) is 7.06. The highest BCUT2D eigenvalue weighted by Crippen LogP contribution is 2.09. The molecule has 94 valence electrons. The van der Waals surface area contributed by atoms with Crippen LogP contribution in [0.2, 0.25) is 0 Å². The minimum atomic E-state index is -3.37. The molecule has 3 N–H and O–H groups in total. The third kappa shape index (κ3) is 4.07. The predicted molar refractivity (Wildman–Crippen MR) is 61.5 cm³/mol. The highest BCUT2D eigenvalue weighted by Gasteiger charge is 2.27. The summed E-state index contributed by atoms with van der Waals surface area (Å²) < 4.78 is 25.9. The third-order valence-corrected chi connectivity index (χ3v) is 4.33. The van der Waals surface area contributed by atoms with E-state index < -0.39 is 15.3 Å². The maximum atomic E-state index is 11.8. The highest BCUT2D eigenvalue weighted by molar-refractivity contribution is 7.90. The van der Waals surface area contributed by atoms with Gasteiger partial charge in [0.15, 0.2) is 0 Å². The van der Waals surface area contributed by atoms with Crippen molar-refractivity contribution in [2.75, 3.05) is 26.2 Å². The van der Waals surface area contributed by atoms with Crippen molar-refractivity contribution in [3.63, 3.8) is 0 Å². The molecule has 7 heteroatoms. The number of carbonyl (C=O) groups is 1. The van der Waals surface area contributed by atoms with E-state index in [-0.39, 0.29) is 12.5 Å². The zero-order valence-electron chi connectivity index (χ0n) is 9.45. The first kappa shape index (κ1) is 13.4. The van der Waals surface area contributed by atoms with Gasteiger partial charge in [0.2, 0.25) is 15.9 Å². The standard InChI is InChI=1S/C9H19N3O3S/c1-2-11-9(13)7-12-16(14,15)8-4-3-5-10-6-8/h8,10,12H,2-7H2,1H3,(H,11,13). The topological polar surface area (TPSA) is 87.3 Å².